The molecule has 0 aliphatic heterocycles. The minimum Gasteiger partial charge on any atom is -0.497 e. The summed E-state index contributed by atoms with van der Waals surface area (Å²) in [7, 11) is 0.120. The molecule has 1 N–H and O–H groups in total. The van der Waals surface area contributed by atoms with Gasteiger partial charge < -0.3 is 15.0 Å². The van der Waals surface area contributed by atoms with E-state index >= 15 is 0 Å². The number of ether oxygens (including phenoxy) is 1. The van der Waals surface area contributed by atoms with Gasteiger partial charge >= 0.3 is 10.2 Å². The number of hydrogen-bond acceptors (Lipinski definition) is 5. The number of carbonyl (C=O) groups excluding carboxylic acids is 2. The average Bonchev–Trinajstić information content (AvgIpc) is 2.85. The number of hydrogen-bond donors (Lipinski definition) is 1. The summed E-state index contributed by atoms with van der Waals surface area (Å²) in [6.07, 6.45) is 0.713. The predicted molar refractivity (Wildman–Crippen MR) is 137 cm³/mol. The van der Waals surface area contributed by atoms with Crippen LogP contribution in [0.1, 0.15) is 32.8 Å². The number of rotatable bonds is 12. The number of benzene rings is 2. The van der Waals surface area contributed by atoms with Gasteiger partial charge in [-0.2, -0.15) is 12.7 Å². The quantitative estimate of drug-likeness (QED) is 0.462. The van der Waals surface area contributed by atoms with Crippen molar-refractivity contribution < 1.29 is 27.1 Å². The van der Waals surface area contributed by atoms with E-state index in [2.05, 4.69) is 5.32 Å². The second-order valence-electron chi connectivity index (χ2n) is 8.64. The Morgan fingerprint density at radius 1 is 1.03 bits per heavy atom. The maximum Gasteiger partial charge on any atom is 0.304 e. The minimum atomic E-state index is -4.10. The molecule has 0 heterocycles. The summed E-state index contributed by atoms with van der Waals surface area (Å²) >= 11 is 0. The van der Waals surface area contributed by atoms with Crippen molar-refractivity contribution >= 4 is 27.7 Å². The van der Waals surface area contributed by atoms with Gasteiger partial charge in [-0.3, -0.25) is 9.59 Å². The molecule has 2 atom stereocenters. The smallest absolute Gasteiger partial charge is 0.304 e. The van der Waals surface area contributed by atoms with Gasteiger partial charge in [-0.05, 0) is 62.2 Å². The van der Waals surface area contributed by atoms with E-state index in [0.29, 0.717) is 12.2 Å². The van der Waals surface area contributed by atoms with Crippen molar-refractivity contribution in [1.29, 1.82) is 0 Å². The van der Waals surface area contributed by atoms with E-state index in [1.54, 1.807) is 38.3 Å². The van der Waals surface area contributed by atoms with Gasteiger partial charge in [0.25, 0.3) is 0 Å². The highest BCUT2D eigenvalue weighted by Crippen LogP contribution is 2.22. The Kier molecular flexibility index (Phi) is 10.2. The van der Waals surface area contributed by atoms with Crippen molar-refractivity contribution in [2.45, 2.75) is 45.8 Å². The predicted octanol–water partition coefficient (Wildman–Crippen LogP) is 2.78. The van der Waals surface area contributed by atoms with Gasteiger partial charge in [0.1, 0.15) is 24.2 Å². The SMILES string of the molecule is CC[C@H](C)NC(=O)[C@@H](C)N(Cc1ccc(OC)cc1)C(=O)CN(c1ccc(F)cc1)S(=O)(=O)N(C)C. The Bertz CT molecular complexity index is 1120. The monoisotopic (exact) mass is 522 g/mol. The topological polar surface area (TPSA) is 99.3 Å². The van der Waals surface area contributed by atoms with Crippen LogP contribution in [0.25, 0.3) is 0 Å². The molecule has 0 radical (unpaired) electrons. The van der Waals surface area contributed by atoms with Gasteiger partial charge in [0, 0.05) is 26.7 Å². The molecule has 0 saturated carbocycles. The second-order valence-corrected chi connectivity index (χ2v) is 10.7. The number of methoxy groups -OCH3 is 1. The number of nitrogens with zero attached hydrogens (tertiary/aromatic N) is 3. The lowest BCUT2D eigenvalue weighted by Gasteiger charge is -2.33. The minimum absolute atomic E-state index is 0.0667. The van der Waals surface area contributed by atoms with Crippen LogP contribution in [-0.2, 0) is 26.3 Å². The Hall–Kier alpha value is -3.18. The zero-order valence-electron chi connectivity index (χ0n) is 21.6. The fourth-order valence-electron chi connectivity index (χ4n) is 3.30. The summed E-state index contributed by atoms with van der Waals surface area (Å²) in [4.78, 5) is 27.9. The molecule has 2 aromatic carbocycles. The fourth-order valence-corrected chi connectivity index (χ4v) is 4.36. The van der Waals surface area contributed by atoms with Gasteiger partial charge in [-0.1, -0.05) is 19.1 Å². The molecule has 0 bridgehead atoms. The van der Waals surface area contributed by atoms with Crippen molar-refractivity contribution in [3.05, 3.63) is 59.9 Å². The molecule has 0 fully saturated rings. The standard InChI is InChI=1S/C25H35FN4O5S/c1-7-18(2)27-25(32)19(3)29(16-20-8-14-23(35-6)15-9-20)24(31)17-30(36(33,34)28(4)5)22-12-10-21(26)11-13-22/h8-15,18-19H,7,16-17H2,1-6H3,(H,27,32)/t18-,19+/m0/s1. The molecule has 11 heteroatoms. The lowest BCUT2D eigenvalue weighted by Crippen LogP contribution is -2.53. The fraction of sp³-hybridized carbons (Fsp3) is 0.440. The number of halogens is 1. The maximum atomic E-state index is 13.6. The molecule has 36 heavy (non-hydrogen) atoms. The normalized spacial score (nSPS) is 13.1. The largest absolute Gasteiger partial charge is 0.497 e. The summed E-state index contributed by atoms with van der Waals surface area (Å²) in [5.41, 5.74) is 0.857. The summed E-state index contributed by atoms with van der Waals surface area (Å²) in [5.74, 6) is -0.843. The van der Waals surface area contributed by atoms with Crippen LogP contribution in [0.15, 0.2) is 48.5 Å². The Morgan fingerprint density at radius 2 is 1.61 bits per heavy atom. The highest BCUT2D eigenvalue weighted by atomic mass is 32.2. The van der Waals surface area contributed by atoms with Crippen molar-refractivity contribution in [3.63, 3.8) is 0 Å². The molecule has 0 spiro atoms. The van der Waals surface area contributed by atoms with Crippen LogP contribution in [0.3, 0.4) is 0 Å². The summed E-state index contributed by atoms with van der Waals surface area (Å²) in [6, 6.07) is 10.9. The van der Waals surface area contributed by atoms with Gasteiger partial charge in [0.05, 0.1) is 12.8 Å². The first kappa shape index (κ1) is 29.1. The van der Waals surface area contributed by atoms with E-state index in [1.165, 1.54) is 31.1 Å². The third-order valence-corrected chi connectivity index (χ3v) is 7.63. The molecule has 0 aliphatic carbocycles. The number of amides is 2. The molecule has 2 amide bonds. The van der Waals surface area contributed by atoms with E-state index in [-0.39, 0.29) is 24.2 Å². The second kappa shape index (κ2) is 12.7. The average molecular weight is 523 g/mol. The van der Waals surface area contributed by atoms with Gasteiger partial charge in [-0.25, -0.2) is 8.70 Å². The van der Waals surface area contributed by atoms with Crippen molar-refractivity contribution in [2.24, 2.45) is 0 Å². The van der Waals surface area contributed by atoms with Crippen LogP contribution in [0.2, 0.25) is 0 Å². The summed E-state index contributed by atoms with van der Waals surface area (Å²) < 4.78 is 46.7. The first-order valence-corrected chi connectivity index (χ1v) is 13.0. The first-order valence-electron chi connectivity index (χ1n) is 11.6. The van der Waals surface area contributed by atoms with Crippen LogP contribution < -0.4 is 14.4 Å². The number of carbonyl (C=O) groups is 2. The van der Waals surface area contributed by atoms with Crippen LogP contribution in [0.4, 0.5) is 10.1 Å². The van der Waals surface area contributed by atoms with Gasteiger partial charge in [0.2, 0.25) is 11.8 Å². The Balaban J connectivity index is 2.43. The van der Waals surface area contributed by atoms with Gasteiger partial charge in [0.15, 0.2) is 0 Å². The maximum absolute atomic E-state index is 13.6. The number of anilines is 1. The van der Waals surface area contributed by atoms with Crippen molar-refractivity contribution in [3.8, 4) is 5.75 Å². The molecule has 0 aromatic heterocycles. The molecule has 0 unspecified atom stereocenters. The highest BCUT2D eigenvalue weighted by molar-refractivity contribution is 7.90. The lowest BCUT2D eigenvalue weighted by atomic mass is 10.1. The van der Waals surface area contributed by atoms with E-state index in [1.807, 2.05) is 13.8 Å². The number of nitrogens with one attached hydrogen (secondary N) is 1. The molecule has 0 aliphatic rings. The van der Waals surface area contributed by atoms with E-state index < -0.39 is 34.5 Å². The molecular formula is C25H35FN4O5S. The zero-order valence-corrected chi connectivity index (χ0v) is 22.4. The Morgan fingerprint density at radius 3 is 2.11 bits per heavy atom. The molecule has 2 aromatic rings. The molecule has 198 valence electrons. The van der Waals surface area contributed by atoms with Crippen LogP contribution in [0, 0.1) is 5.82 Å². The van der Waals surface area contributed by atoms with Crippen LogP contribution in [-0.4, -0.2) is 69.3 Å². The summed E-state index contributed by atoms with van der Waals surface area (Å²) in [5, 5.41) is 2.87. The molecular weight excluding hydrogens is 487 g/mol. The van der Waals surface area contributed by atoms with Crippen LogP contribution >= 0.6 is 0 Å². The lowest BCUT2D eigenvalue weighted by molar-refractivity contribution is -0.139. The van der Waals surface area contributed by atoms with Crippen LogP contribution in [0.5, 0.6) is 5.75 Å². The van der Waals surface area contributed by atoms with Crippen molar-refractivity contribution in [2.75, 3.05) is 32.1 Å². The zero-order chi connectivity index (χ0) is 27.0. The Labute approximate surface area is 213 Å². The summed E-state index contributed by atoms with van der Waals surface area (Å²) in [6.45, 7) is 4.88. The molecule has 2 rings (SSSR count). The van der Waals surface area contributed by atoms with E-state index in [0.717, 1.165) is 26.3 Å². The highest BCUT2D eigenvalue weighted by Gasteiger charge is 2.32. The first-order chi connectivity index (χ1) is 16.9. The van der Waals surface area contributed by atoms with E-state index in [9.17, 15) is 22.4 Å². The molecule has 9 nitrogen and oxygen atoms in total. The van der Waals surface area contributed by atoms with Crippen molar-refractivity contribution in [1.82, 2.24) is 14.5 Å². The van der Waals surface area contributed by atoms with Gasteiger partial charge in [-0.15, -0.1) is 0 Å². The third-order valence-electron chi connectivity index (χ3n) is 5.81. The van der Waals surface area contributed by atoms with E-state index in [4.69, 9.17) is 4.74 Å². The third kappa shape index (κ3) is 7.41. The molecule has 0 saturated heterocycles.